The minimum atomic E-state index is -0.206. The Hall–Kier alpha value is -0.580. The number of halogens is 1. The number of carbonyl (C=O) groups excluding carboxylic acids is 1. The van der Waals surface area contributed by atoms with E-state index in [0.29, 0.717) is 6.54 Å². The van der Waals surface area contributed by atoms with Gasteiger partial charge in [0.15, 0.2) is 0 Å². The monoisotopic (exact) mass is 300 g/mol. The Kier molecular flexibility index (Phi) is 4.87. The zero-order valence-electron chi connectivity index (χ0n) is 11.5. The van der Waals surface area contributed by atoms with Crippen molar-refractivity contribution in [1.29, 1.82) is 0 Å². The number of rotatable bonds is 4. The molecule has 0 radical (unpaired) electrons. The van der Waals surface area contributed by atoms with Gasteiger partial charge in [-0.15, -0.1) is 11.3 Å². The first-order valence-electron chi connectivity index (χ1n) is 6.79. The standard InChI is InChI=1S/C14H21ClN2OS/c1-3-17(10-11-4-5-12(15)19-11)13(18)14(2)6-8-16-9-7-14/h4-5,16H,3,6-10H2,1-2H3. The molecule has 2 rings (SSSR count). The van der Waals surface area contributed by atoms with Crippen LogP contribution in [0.15, 0.2) is 12.1 Å². The normalized spacial score (nSPS) is 18.3. The van der Waals surface area contributed by atoms with Crippen LogP contribution in [-0.2, 0) is 11.3 Å². The van der Waals surface area contributed by atoms with Gasteiger partial charge in [0.2, 0.25) is 5.91 Å². The van der Waals surface area contributed by atoms with Crippen molar-refractivity contribution in [3.8, 4) is 0 Å². The van der Waals surface area contributed by atoms with E-state index in [9.17, 15) is 4.79 Å². The number of carbonyl (C=O) groups is 1. The summed E-state index contributed by atoms with van der Waals surface area (Å²) in [4.78, 5) is 15.8. The first kappa shape index (κ1) is 14.8. The van der Waals surface area contributed by atoms with Gasteiger partial charge in [-0.2, -0.15) is 0 Å². The highest BCUT2D eigenvalue weighted by Gasteiger charge is 2.37. The van der Waals surface area contributed by atoms with Crippen LogP contribution in [0.1, 0.15) is 31.6 Å². The molecule has 106 valence electrons. The van der Waals surface area contributed by atoms with Gasteiger partial charge in [0.05, 0.1) is 10.9 Å². The van der Waals surface area contributed by atoms with Crippen LogP contribution >= 0.6 is 22.9 Å². The first-order chi connectivity index (χ1) is 9.05. The number of thiophene rings is 1. The van der Waals surface area contributed by atoms with Crippen molar-refractivity contribution in [3.05, 3.63) is 21.3 Å². The Balaban J connectivity index is 2.06. The molecule has 0 saturated carbocycles. The van der Waals surface area contributed by atoms with E-state index in [1.54, 1.807) is 11.3 Å². The van der Waals surface area contributed by atoms with Crippen LogP contribution in [0, 0.1) is 5.41 Å². The zero-order valence-corrected chi connectivity index (χ0v) is 13.1. The lowest BCUT2D eigenvalue weighted by molar-refractivity contribution is -0.143. The third-order valence-electron chi connectivity index (χ3n) is 3.87. The average Bonchev–Trinajstić information content (AvgIpc) is 2.81. The number of piperidine rings is 1. The average molecular weight is 301 g/mol. The second kappa shape index (κ2) is 6.25. The minimum absolute atomic E-state index is 0.206. The number of amides is 1. The number of hydrogen-bond donors (Lipinski definition) is 1. The van der Waals surface area contributed by atoms with Gasteiger partial charge in [-0.3, -0.25) is 4.79 Å². The Bertz CT molecular complexity index is 440. The fraction of sp³-hybridized carbons (Fsp3) is 0.643. The predicted molar refractivity (Wildman–Crippen MR) is 80.6 cm³/mol. The van der Waals surface area contributed by atoms with E-state index in [4.69, 9.17) is 11.6 Å². The fourth-order valence-corrected chi connectivity index (χ4v) is 3.63. The molecule has 0 unspecified atom stereocenters. The van der Waals surface area contributed by atoms with E-state index in [1.807, 2.05) is 24.0 Å². The molecule has 1 amide bonds. The number of nitrogens with zero attached hydrogens (tertiary/aromatic N) is 1. The van der Waals surface area contributed by atoms with Gasteiger partial charge >= 0.3 is 0 Å². The van der Waals surface area contributed by atoms with Gasteiger partial charge in [0.1, 0.15) is 0 Å². The molecular weight excluding hydrogens is 280 g/mol. The van der Waals surface area contributed by atoms with Crippen molar-refractivity contribution in [2.24, 2.45) is 5.41 Å². The molecule has 2 heterocycles. The van der Waals surface area contributed by atoms with Crippen LogP contribution in [0.2, 0.25) is 4.34 Å². The first-order valence-corrected chi connectivity index (χ1v) is 7.99. The minimum Gasteiger partial charge on any atom is -0.337 e. The van der Waals surface area contributed by atoms with Gasteiger partial charge in [0, 0.05) is 16.8 Å². The maximum atomic E-state index is 12.7. The molecule has 1 aliphatic heterocycles. The molecule has 1 aromatic heterocycles. The summed E-state index contributed by atoms with van der Waals surface area (Å²) in [6.45, 7) is 7.43. The summed E-state index contributed by atoms with van der Waals surface area (Å²) in [5.74, 6) is 0.279. The van der Waals surface area contributed by atoms with E-state index in [1.165, 1.54) is 0 Å². The molecule has 5 heteroatoms. The summed E-state index contributed by atoms with van der Waals surface area (Å²) in [6, 6.07) is 3.90. The van der Waals surface area contributed by atoms with E-state index in [0.717, 1.165) is 41.7 Å². The van der Waals surface area contributed by atoms with Gasteiger partial charge in [-0.05, 0) is 45.0 Å². The highest BCUT2D eigenvalue weighted by Crippen LogP contribution is 2.31. The summed E-state index contributed by atoms with van der Waals surface area (Å²) < 4.78 is 0.784. The van der Waals surface area contributed by atoms with Crippen molar-refractivity contribution in [2.75, 3.05) is 19.6 Å². The summed E-state index contributed by atoms with van der Waals surface area (Å²) in [7, 11) is 0. The Morgan fingerprint density at radius 1 is 1.47 bits per heavy atom. The van der Waals surface area contributed by atoms with Gasteiger partial charge in [-0.1, -0.05) is 18.5 Å². The van der Waals surface area contributed by atoms with Crippen LogP contribution < -0.4 is 5.32 Å². The quantitative estimate of drug-likeness (QED) is 0.926. The van der Waals surface area contributed by atoms with Crippen molar-refractivity contribution in [2.45, 2.75) is 33.2 Å². The van der Waals surface area contributed by atoms with E-state index in [-0.39, 0.29) is 11.3 Å². The molecule has 0 aliphatic carbocycles. The molecule has 19 heavy (non-hydrogen) atoms. The van der Waals surface area contributed by atoms with Crippen molar-refractivity contribution in [3.63, 3.8) is 0 Å². The maximum Gasteiger partial charge on any atom is 0.228 e. The molecular formula is C14H21ClN2OS. The molecule has 0 aromatic carbocycles. The smallest absolute Gasteiger partial charge is 0.228 e. The summed E-state index contributed by atoms with van der Waals surface area (Å²) in [5, 5.41) is 3.32. The van der Waals surface area contributed by atoms with E-state index >= 15 is 0 Å². The molecule has 1 aromatic rings. The third-order valence-corrected chi connectivity index (χ3v) is 5.08. The van der Waals surface area contributed by atoms with Crippen molar-refractivity contribution < 1.29 is 4.79 Å². The molecule has 1 N–H and O–H groups in total. The molecule has 0 spiro atoms. The van der Waals surface area contributed by atoms with Crippen LogP contribution in [0.4, 0.5) is 0 Å². The highest BCUT2D eigenvalue weighted by atomic mass is 35.5. The largest absolute Gasteiger partial charge is 0.337 e. The summed E-state index contributed by atoms with van der Waals surface area (Å²) in [6.07, 6.45) is 1.85. The van der Waals surface area contributed by atoms with Crippen molar-refractivity contribution >= 4 is 28.8 Å². The van der Waals surface area contributed by atoms with Crippen LogP contribution in [0.25, 0.3) is 0 Å². The van der Waals surface area contributed by atoms with Crippen LogP contribution in [0.3, 0.4) is 0 Å². The van der Waals surface area contributed by atoms with Crippen LogP contribution in [-0.4, -0.2) is 30.4 Å². The van der Waals surface area contributed by atoms with Crippen LogP contribution in [0.5, 0.6) is 0 Å². The summed E-state index contributed by atoms with van der Waals surface area (Å²) in [5.41, 5.74) is -0.206. The Morgan fingerprint density at radius 2 is 2.16 bits per heavy atom. The van der Waals surface area contributed by atoms with E-state index < -0.39 is 0 Å². The third kappa shape index (κ3) is 3.50. The van der Waals surface area contributed by atoms with Gasteiger partial charge in [0.25, 0.3) is 0 Å². The fourth-order valence-electron chi connectivity index (χ4n) is 2.53. The Labute approximate surface area is 123 Å². The molecule has 1 fully saturated rings. The molecule has 1 aliphatic rings. The van der Waals surface area contributed by atoms with Gasteiger partial charge < -0.3 is 10.2 Å². The second-order valence-corrected chi connectivity index (χ2v) is 7.14. The molecule has 3 nitrogen and oxygen atoms in total. The zero-order chi connectivity index (χ0) is 13.9. The second-order valence-electron chi connectivity index (χ2n) is 5.34. The van der Waals surface area contributed by atoms with Gasteiger partial charge in [-0.25, -0.2) is 0 Å². The number of hydrogen-bond acceptors (Lipinski definition) is 3. The lowest BCUT2D eigenvalue weighted by Crippen LogP contribution is -2.47. The predicted octanol–water partition coefficient (Wildman–Crippen LogP) is 3.14. The van der Waals surface area contributed by atoms with Crippen molar-refractivity contribution in [1.82, 2.24) is 10.2 Å². The highest BCUT2D eigenvalue weighted by molar-refractivity contribution is 7.16. The molecule has 0 bridgehead atoms. The Morgan fingerprint density at radius 3 is 2.68 bits per heavy atom. The lowest BCUT2D eigenvalue weighted by Gasteiger charge is -2.37. The summed E-state index contributed by atoms with van der Waals surface area (Å²) >= 11 is 7.50. The number of nitrogens with one attached hydrogen (secondary N) is 1. The topological polar surface area (TPSA) is 32.3 Å². The lowest BCUT2D eigenvalue weighted by atomic mass is 9.79. The molecule has 0 atom stereocenters. The van der Waals surface area contributed by atoms with E-state index in [2.05, 4.69) is 12.2 Å². The maximum absolute atomic E-state index is 12.7. The molecule has 1 saturated heterocycles. The SMILES string of the molecule is CCN(Cc1ccc(Cl)s1)C(=O)C1(C)CCNCC1.